The lowest BCUT2D eigenvalue weighted by Gasteiger charge is -2.16. The number of hydrogen-bond acceptors (Lipinski definition) is 4. The fraction of sp³-hybridized carbons (Fsp3) is 0.286. The van der Waals surface area contributed by atoms with Gasteiger partial charge in [0.1, 0.15) is 0 Å². The van der Waals surface area contributed by atoms with E-state index in [0.717, 1.165) is 17.7 Å². The molecule has 0 aliphatic carbocycles. The molecule has 3 rings (SSSR count). The van der Waals surface area contributed by atoms with E-state index in [2.05, 4.69) is 5.32 Å². The topological polar surface area (TPSA) is 75.7 Å². The van der Waals surface area contributed by atoms with E-state index >= 15 is 0 Å². The molecule has 140 valence electrons. The Labute approximate surface area is 158 Å². The summed E-state index contributed by atoms with van der Waals surface area (Å²) < 4.78 is 5.14. The Morgan fingerprint density at radius 1 is 1.11 bits per heavy atom. The van der Waals surface area contributed by atoms with Crippen LogP contribution in [0.3, 0.4) is 0 Å². The average molecular weight is 366 g/mol. The third kappa shape index (κ3) is 4.53. The van der Waals surface area contributed by atoms with Crippen molar-refractivity contribution in [2.75, 3.05) is 23.4 Å². The van der Waals surface area contributed by atoms with E-state index in [4.69, 9.17) is 4.74 Å². The molecule has 0 bridgehead atoms. The number of anilines is 2. The summed E-state index contributed by atoms with van der Waals surface area (Å²) in [6, 6.07) is 16.7. The lowest BCUT2D eigenvalue weighted by atomic mass is 10.1. The molecular formula is C21H22N2O4. The number of aryl methyl sites for hydroxylation is 1. The lowest BCUT2D eigenvalue weighted by molar-refractivity contribution is -0.151. The standard InChI is InChI=1S/C21H22N2O4/c1-2-15-8-6-7-11-18(15)22-19(24)14-27-21(26)16-12-20(25)23(13-16)17-9-4-3-5-10-17/h3-11,16H,2,12-14H2,1H3,(H,22,24)/t16-/m0/s1. The maximum Gasteiger partial charge on any atom is 0.311 e. The van der Waals surface area contributed by atoms with Gasteiger partial charge >= 0.3 is 5.97 Å². The molecule has 6 heteroatoms. The minimum atomic E-state index is -0.562. The Kier molecular flexibility index (Phi) is 5.86. The van der Waals surface area contributed by atoms with Crippen molar-refractivity contribution in [2.45, 2.75) is 19.8 Å². The van der Waals surface area contributed by atoms with Crippen LogP contribution in [0.4, 0.5) is 11.4 Å². The highest BCUT2D eigenvalue weighted by Gasteiger charge is 2.36. The molecule has 6 nitrogen and oxygen atoms in total. The summed E-state index contributed by atoms with van der Waals surface area (Å²) in [4.78, 5) is 38.1. The Morgan fingerprint density at radius 3 is 2.56 bits per heavy atom. The van der Waals surface area contributed by atoms with E-state index in [-0.39, 0.29) is 25.5 Å². The predicted octanol–water partition coefficient (Wildman–Crippen LogP) is 2.78. The van der Waals surface area contributed by atoms with Gasteiger partial charge in [-0.1, -0.05) is 43.3 Å². The molecule has 0 unspecified atom stereocenters. The molecule has 2 aromatic carbocycles. The fourth-order valence-corrected chi connectivity index (χ4v) is 3.11. The minimum Gasteiger partial charge on any atom is -0.455 e. The third-order valence-corrected chi connectivity index (χ3v) is 4.54. The van der Waals surface area contributed by atoms with Crippen LogP contribution in [0.25, 0.3) is 0 Å². The number of esters is 1. The number of para-hydroxylation sites is 2. The number of carbonyl (C=O) groups is 3. The third-order valence-electron chi connectivity index (χ3n) is 4.54. The molecule has 0 saturated carbocycles. The average Bonchev–Trinajstić information content (AvgIpc) is 3.09. The van der Waals surface area contributed by atoms with Crippen molar-refractivity contribution < 1.29 is 19.1 Å². The number of ether oxygens (including phenoxy) is 1. The second-order valence-corrected chi connectivity index (χ2v) is 6.41. The number of amides is 2. The van der Waals surface area contributed by atoms with Gasteiger partial charge in [0.05, 0.1) is 5.92 Å². The zero-order valence-electron chi connectivity index (χ0n) is 15.2. The highest BCUT2D eigenvalue weighted by atomic mass is 16.5. The Hall–Kier alpha value is -3.15. The molecule has 27 heavy (non-hydrogen) atoms. The van der Waals surface area contributed by atoms with Crippen molar-refractivity contribution >= 4 is 29.2 Å². The van der Waals surface area contributed by atoms with Crippen LogP contribution in [0.1, 0.15) is 18.9 Å². The lowest BCUT2D eigenvalue weighted by Crippen LogP contribution is -2.28. The van der Waals surface area contributed by atoms with E-state index in [1.807, 2.05) is 61.5 Å². The molecule has 1 N–H and O–H groups in total. The van der Waals surface area contributed by atoms with Crippen LogP contribution in [0.5, 0.6) is 0 Å². The number of carbonyl (C=O) groups excluding carboxylic acids is 3. The van der Waals surface area contributed by atoms with Gasteiger partial charge in [0.15, 0.2) is 6.61 Å². The van der Waals surface area contributed by atoms with Crippen molar-refractivity contribution in [3.8, 4) is 0 Å². The van der Waals surface area contributed by atoms with E-state index in [1.54, 1.807) is 4.90 Å². The largest absolute Gasteiger partial charge is 0.455 e. The SMILES string of the molecule is CCc1ccccc1NC(=O)COC(=O)[C@H]1CC(=O)N(c2ccccc2)C1. The van der Waals surface area contributed by atoms with Crippen molar-refractivity contribution in [3.05, 3.63) is 60.2 Å². The molecule has 0 spiro atoms. The van der Waals surface area contributed by atoms with E-state index in [9.17, 15) is 14.4 Å². The van der Waals surface area contributed by atoms with Crippen LogP contribution >= 0.6 is 0 Å². The predicted molar refractivity (Wildman–Crippen MR) is 102 cm³/mol. The summed E-state index contributed by atoms with van der Waals surface area (Å²) >= 11 is 0. The molecule has 1 atom stereocenters. The number of nitrogens with zero attached hydrogens (tertiary/aromatic N) is 1. The summed E-state index contributed by atoms with van der Waals surface area (Å²) in [7, 11) is 0. The summed E-state index contributed by atoms with van der Waals surface area (Å²) in [5.41, 5.74) is 2.48. The first kappa shape index (κ1) is 18.6. The zero-order chi connectivity index (χ0) is 19.2. The van der Waals surface area contributed by atoms with Crippen LogP contribution in [0.2, 0.25) is 0 Å². The highest BCUT2D eigenvalue weighted by molar-refractivity contribution is 6.00. The molecule has 0 radical (unpaired) electrons. The first-order valence-corrected chi connectivity index (χ1v) is 8.98. The first-order valence-electron chi connectivity index (χ1n) is 8.98. The van der Waals surface area contributed by atoms with Crippen molar-refractivity contribution in [3.63, 3.8) is 0 Å². The van der Waals surface area contributed by atoms with Gasteiger partial charge in [-0.2, -0.15) is 0 Å². The minimum absolute atomic E-state index is 0.0913. The molecule has 0 aromatic heterocycles. The number of benzene rings is 2. The summed E-state index contributed by atoms with van der Waals surface area (Å²) in [5.74, 6) is -1.60. The van der Waals surface area contributed by atoms with Gasteiger partial charge in [-0.15, -0.1) is 0 Å². The Morgan fingerprint density at radius 2 is 1.81 bits per heavy atom. The van der Waals surface area contributed by atoms with E-state index in [0.29, 0.717) is 5.69 Å². The second kappa shape index (κ2) is 8.49. The van der Waals surface area contributed by atoms with Crippen molar-refractivity contribution in [2.24, 2.45) is 5.92 Å². The molecule has 1 fully saturated rings. The molecule has 1 aliphatic heterocycles. The second-order valence-electron chi connectivity index (χ2n) is 6.41. The maximum absolute atomic E-state index is 12.3. The van der Waals surface area contributed by atoms with Crippen molar-refractivity contribution in [1.29, 1.82) is 0 Å². The van der Waals surface area contributed by atoms with Gasteiger partial charge in [0.2, 0.25) is 5.91 Å². The van der Waals surface area contributed by atoms with Gasteiger partial charge < -0.3 is 15.0 Å². The maximum atomic E-state index is 12.3. The number of hydrogen-bond donors (Lipinski definition) is 1. The Bertz CT molecular complexity index is 835. The van der Waals surface area contributed by atoms with Crippen molar-refractivity contribution in [1.82, 2.24) is 0 Å². The van der Waals surface area contributed by atoms with Crippen LogP contribution in [-0.4, -0.2) is 30.9 Å². The molecule has 1 heterocycles. The zero-order valence-corrected chi connectivity index (χ0v) is 15.2. The van der Waals surface area contributed by atoms with Crippen LogP contribution < -0.4 is 10.2 Å². The summed E-state index contributed by atoms with van der Waals surface area (Å²) in [6.07, 6.45) is 0.879. The summed E-state index contributed by atoms with van der Waals surface area (Å²) in [5, 5.41) is 2.76. The van der Waals surface area contributed by atoms with Crippen LogP contribution in [0.15, 0.2) is 54.6 Å². The Balaban J connectivity index is 1.52. The van der Waals surface area contributed by atoms with Crippen LogP contribution in [0, 0.1) is 5.92 Å². The molecule has 1 aliphatic rings. The monoisotopic (exact) mass is 366 g/mol. The number of nitrogens with one attached hydrogen (secondary N) is 1. The number of rotatable bonds is 6. The first-order chi connectivity index (χ1) is 13.1. The molecule has 2 amide bonds. The van der Waals surface area contributed by atoms with Gasteiger partial charge in [-0.3, -0.25) is 14.4 Å². The quantitative estimate of drug-likeness (QED) is 0.798. The van der Waals surface area contributed by atoms with Gasteiger partial charge in [-0.05, 0) is 30.2 Å². The molecule has 1 saturated heterocycles. The summed E-state index contributed by atoms with van der Waals surface area (Å²) in [6.45, 7) is 1.90. The van der Waals surface area contributed by atoms with Gasteiger partial charge in [-0.25, -0.2) is 0 Å². The van der Waals surface area contributed by atoms with E-state index < -0.39 is 17.8 Å². The molecular weight excluding hydrogens is 344 g/mol. The van der Waals surface area contributed by atoms with Gasteiger partial charge in [0, 0.05) is 24.3 Å². The van der Waals surface area contributed by atoms with Crippen LogP contribution in [-0.2, 0) is 25.5 Å². The molecule has 2 aromatic rings. The smallest absolute Gasteiger partial charge is 0.311 e. The van der Waals surface area contributed by atoms with Gasteiger partial charge in [0.25, 0.3) is 5.91 Å². The van der Waals surface area contributed by atoms with E-state index in [1.165, 1.54) is 0 Å². The highest BCUT2D eigenvalue weighted by Crippen LogP contribution is 2.25. The normalized spacial score (nSPS) is 16.3. The fourth-order valence-electron chi connectivity index (χ4n) is 3.11.